The smallest absolute Gasteiger partial charge is 0.181 e. The maximum Gasteiger partial charge on any atom is 0.181 e. The molecule has 5 aromatic heterocycles. The summed E-state index contributed by atoms with van der Waals surface area (Å²) in [6.45, 7) is 4.10. The predicted octanol–water partition coefficient (Wildman–Crippen LogP) is 2.71. The van der Waals surface area contributed by atoms with Gasteiger partial charge in [0.25, 0.3) is 0 Å². The van der Waals surface area contributed by atoms with Crippen molar-refractivity contribution >= 4 is 27.6 Å². The van der Waals surface area contributed by atoms with E-state index in [4.69, 9.17) is 0 Å². The second kappa shape index (κ2) is 7.13. The van der Waals surface area contributed by atoms with E-state index in [0.717, 1.165) is 70.7 Å². The topological polar surface area (TPSA) is 103 Å². The summed E-state index contributed by atoms with van der Waals surface area (Å²) in [5.41, 5.74) is 6.58. The van der Waals surface area contributed by atoms with Crippen LogP contribution in [0.15, 0.2) is 49.4 Å². The predicted molar refractivity (Wildman–Crippen MR) is 120 cm³/mol. The number of fused-ring (bicyclic) bond motifs is 2. The van der Waals surface area contributed by atoms with E-state index in [-0.39, 0.29) is 0 Å². The molecule has 9 heteroatoms. The minimum absolute atomic E-state index is 0.673. The highest BCUT2D eigenvalue weighted by Gasteiger charge is 2.19. The fourth-order valence-corrected chi connectivity index (χ4v) is 4.18. The summed E-state index contributed by atoms with van der Waals surface area (Å²) < 4.78 is 0. The molecule has 1 fully saturated rings. The first kappa shape index (κ1) is 18.0. The number of aromatic nitrogens is 7. The zero-order valence-electron chi connectivity index (χ0n) is 17.1. The molecular weight excluding hydrogens is 390 g/mol. The summed E-state index contributed by atoms with van der Waals surface area (Å²) in [7, 11) is 2.16. The number of piperazine rings is 1. The third-order valence-electron chi connectivity index (χ3n) is 5.94. The molecule has 0 saturated carbocycles. The molecule has 0 radical (unpaired) electrons. The van der Waals surface area contributed by atoms with Crippen molar-refractivity contribution in [3.8, 4) is 22.5 Å². The Balaban J connectivity index is 1.44. The van der Waals surface area contributed by atoms with Gasteiger partial charge < -0.3 is 14.8 Å². The number of hydrogen-bond donors (Lipinski definition) is 2. The lowest BCUT2D eigenvalue weighted by atomic mass is 10.1. The van der Waals surface area contributed by atoms with Crippen LogP contribution >= 0.6 is 0 Å². The zero-order chi connectivity index (χ0) is 20.8. The lowest BCUT2D eigenvalue weighted by Gasteiger charge is -2.34. The van der Waals surface area contributed by atoms with Crippen LogP contribution in [-0.4, -0.2) is 73.2 Å². The van der Waals surface area contributed by atoms with Crippen LogP contribution in [0.2, 0.25) is 0 Å². The van der Waals surface area contributed by atoms with Crippen LogP contribution in [0.5, 0.6) is 0 Å². The number of rotatable bonds is 3. The van der Waals surface area contributed by atoms with Crippen molar-refractivity contribution in [1.82, 2.24) is 40.0 Å². The van der Waals surface area contributed by atoms with Crippen molar-refractivity contribution in [3.63, 3.8) is 0 Å². The Bertz CT molecular complexity index is 1360. The molecule has 0 bridgehead atoms. The molecule has 154 valence electrons. The standard InChI is InChI=1S/C22H21N9/c1-30-2-4-31(5-3-30)20-12-23-11-19-16(20)7-18(27-19)21-17-6-14(10-26-22(17)29-28-21)15-8-24-13-25-9-15/h6-13,27H,2-5H2,1H3,(H,26,28,29). The van der Waals surface area contributed by atoms with Gasteiger partial charge in [-0.25, -0.2) is 15.0 Å². The molecule has 6 rings (SSSR count). The van der Waals surface area contributed by atoms with E-state index in [1.807, 2.05) is 12.4 Å². The van der Waals surface area contributed by atoms with Crippen molar-refractivity contribution < 1.29 is 0 Å². The van der Waals surface area contributed by atoms with Crippen molar-refractivity contribution in [2.75, 3.05) is 38.1 Å². The molecule has 31 heavy (non-hydrogen) atoms. The highest BCUT2D eigenvalue weighted by Crippen LogP contribution is 2.33. The molecule has 2 N–H and O–H groups in total. The van der Waals surface area contributed by atoms with Gasteiger partial charge in [0.2, 0.25) is 0 Å². The quantitative estimate of drug-likeness (QED) is 0.471. The molecule has 9 nitrogen and oxygen atoms in total. The first-order valence-corrected chi connectivity index (χ1v) is 10.3. The van der Waals surface area contributed by atoms with Crippen molar-refractivity contribution in [3.05, 3.63) is 49.4 Å². The minimum Gasteiger partial charge on any atom is -0.367 e. The van der Waals surface area contributed by atoms with Crippen LogP contribution < -0.4 is 4.90 Å². The Hall–Kier alpha value is -3.85. The second-order valence-electron chi connectivity index (χ2n) is 7.91. The first-order chi connectivity index (χ1) is 15.3. The number of nitrogens with zero attached hydrogens (tertiary/aromatic N) is 7. The summed E-state index contributed by atoms with van der Waals surface area (Å²) >= 11 is 0. The Labute approximate surface area is 178 Å². The molecular formula is C22H21N9. The van der Waals surface area contributed by atoms with Crippen molar-refractivity contribution in [2.24, 2.45) is 0 Å². The largest absolute Gasteiger partial charge is 0.367 e. The van der Waals surface area contributed by atoms with Gasteiger partial charge in [-0.2, -0.15) is 5.10 Å². The van der Waals surface area contributed by atoms with E-state index in [1.165, 1.54) is 6.33 Å². The van der Waals surface area contributed by atoms with Gasteiger partial charge in [-0.3, -0.25) is 10.1 Å². The number of anilines is 1. The van der Waals surface area contributed by atoms with Gasteiger partial charge in [-0.1, -0.05) is 0 Å². The minimum atomic E-state index is 0.673. The molecule has 0 aliphatic carbocycles. The summed E-state index contributed by atoms with van der Waals surface area (Å²) in [5.74, 6) is 0. The van der Waals surface area contributed by atoms with E-state index in [9.17, 15) is 0 Å². The van der Waals surface area contributed by atoms with Crippen LogP contribution in [0.4, 0.5) is 5.69 Å². The SMILES string of the molecule is CN1CCN(c2cncc3[nH]c(-c4[nH]nc5ncc(-c6cncnc6)cc45)cc23)CC1. The van der Waals surface area contributed by atoms with Crippen LogP contribution in [-0.2, 0) is 0 Å². The number of pyridine rings is 2. The fraction of sp³-hybridized carbons (Fsp3) is 0.227. The van der Waals surface area contributed by atoms with Gasteiger partial charge in [0.15, 0.2) is 5.65 Å². The summed E-state index contributed by atoms with van der Waals surface area (Å²) in [4.78, 5) is 25.5. The summed E-state index contributed by atoms with van der Waals surface area (Å²) in [6, 6.07) is 4.25. The number of likely N-dealkylation sites (N-methyl/N-ethyl adjacent to an activating group) is 1. The molecule has 0 atom stereocenters. The van der Waals surface area contributed by atoms with Gasteiger partial charge >= 0.3 is 0 Å². The van der Waals surface area contributed by atoms with Gasteiger partial charge in [0.1, 0.15) is 6.33 Å². The number of aromatic amines is 2. The van der Waals surface area contributed by atoms with Crippen LogP contribution in [0, 0.1) is 0 Å². The van der Waals surface area contributed by atoms with Crippen LogP contribution in [0.3, 0.4) is 0 Å². The Morgan fingerprint density at radius 3 is 2.52 bits per heavy atom. The maximum absolute atomic E-state index is 4.52. The van der Waals surface area contributed by atoms with E-state index in [0.29, 0.717) is 5.65 Å². The molecule has 6 heterocycles. The average molecular weight is 411 g/mol. The third-order valence-corrected chi connectivity index (χ3v) is 5.94. The van der Waals surface area contributed by atoms with Gasteiger partial charge in [-0.05, 0) is 19.2 Å². The Morgan fingerprint density at radius 2 is 1.68 bits per heavy atom. The van der Waals surface area contributed by atoms with Gasteiger partial charge in [0, 0.05) is 66.7 Å². The normalized spacial score (nSPS) is 15.2. The van der Waals surface area contributed by atoms with Gasteiger partial charge in [-0.15, -0.1) is 0 Å². The summed E-state index contributed by atoms with van der Waals surface area (Å²) in [5, 5.41) is 9.67. The maximum atomic E-state index is 4.52. The van der Waals surface area contributed by atoms with E-state index < -0.39 is 0 Å². The molecule has 1 aliphatic rings. The number of hydrogen-bond acceptors (Lipinski definition) is 7. The number of H-pyrrole nitrogens is 2. The Kier molecular flexibility index (Phi) is 4.13. The van der Waals surface area contributed by atoms with E-state index in [2.05, 4.69) is 64.1 Å². The highest BCUT2D eigenvalue weighted by atomic mass is 15.3. The van der Waals surface area contributed by atoms with Crippen molar-refractivity contribution in [1.29, 1.82) is 0 Å². The average Bonchev–Trinajstić information content (AvgIpc) is 3.43. The molecule has 0 amide bonds. The highest BCUT2D eigenvalue weighted by molar-refractivity contribution is 5.99. The molecule has 0 spiro atoms. The monoisotopic (exact) mass is 411 g/mol. The Morgan fingerprint density at radius 1 is 0.839 bits per heavy atom. The van der Waals surface area contributed by atoms with E-state index >= 15 is 0 Å². The first-order valence-electron chi connectivity index (χ1n) is 10.3. The second-order valence-corrected chi connectivity index (χ2v) is 7.91. The molecule has 0 unspecified atom stereocenters. The number of nitrogens with one attached hydrogen (secondary N) is 2. The van der Waals surface area contributed by atoms with Crippen LogP contribution in [0.25, 0.3) is 44.5 Å². The lowest BCUT2D eigenvalue weighted by Crippen LogP contribution is -2.44. The molecule has 5 aromatic rings. The van der Waals surface area contributed by atoms with Crippen LogP contribution in [0.1, 0.15) is 0 Å². The molecule has 1 aliphatic heterocycles. The van der Waals surface area contributed by atoms with Crippen molar-refractivity contribution in [2.45, 2.75) is 0 Å². The third kappa shape index (κ3) is 3.10. The zero-order valence-corrected chi connectivity index (χ0v) is 17.1. The molecule has 0 aromatic carbocycles. The van der Waals surface area contributed by atoms with Gasteiger partial charge in [0.05, 0.1) is 35.0 Å². The fourth-order valence-electron chi connectivity index (χ4n) is 4.18. The van der Waals surface area contributed by atoms with E-state index in [1.54, 1.807) is 18.6 Å². The molecule has 1 saturated heterocycles. The summed E-state index contributed by atoms with van der Waals surface area (Å²) in [6.07, 6.45) is 10.7. The lowest BCUT2D eigenvalue weighted by molar-refractivity contribution is 0.313.